The van der Waals surface area contributed by atoms with Gasteiger partial charge < -0.3 is 5.11 Å². The van der Waals surface area contributed by atoms with Crippen molar-refractivity contribution in [2.24, 2.45) is 0 Å². The molecule has 0 aliphatic heterocycles. The van der Waals surface area contributed by atoms with E-state index >= 15 is 0 Å². The highest BCUT2D eigenvalue weighted by Crippen LogP contribution is 2.30. The molecule has 4 nitrogen and oxygen atoms in total. The molecule has 0 bridgehead atoms. The molecule has 0 radical (unpaired) electrons. The number of hydrogen-bond donors (Lipinski definition) is 1. The number of pyridine rings is 1. The summed E-state index contributed by atoms with van der Waals surface area (Å²) in [4.78, 5) is 4.15. The Morgan fingerprint density at radius 1 is 1.12 bits per heavy atom. The average Bonchev–Trinajstić information content (AvgIpc) is 2.51. The Bertz CT molecular complexity index is 1030. The van der Waals surface area contributed by atoms with E-state index in [1.165, 1.54) is 12.1 Å². The number of nitrogens with zero attached hydrogens (tertiary/aromatic N) is 1. The average molecular weight is 345 g/mol. The normalized spacial score (nSPS) is 11.8. The summed E-state index contributed by atoms with van der Waals surface area (Å²) in [5.41, 5.74) is 2.18. The third kappa shape index (κ3) is 2.97. The molecule has 0 unspecified atom stereocenters. The number of phenolic OH excluding ortho intramolecular Hbond substituents is 1. The van der Waals surface area contributed by atoms with Crippen molar-refractivity contribution in [2.75, 3.05) is 6.26 Å². The number of phenols is 1. The van der Waals surface area contributed by atoms with E-state index in [-0.39, 0.29) is 17.1 Å². The molecule has 3 rings (SSSR count). The van der Waals surface area contributed by atoms with E-state index in [1.807, 2.05) is 0 Å². The molecule has 0 saturated carbocycles. The summed E-state index contributed by atoms with van der Waals surface area (Å²) in [5, 5.41) is 10.6. The van der Waals surface area contributed by atoms with Gasteiger partial charge in [-0.3, -0.25) is 0 Å². The molecular weight excluding hydrogens is 329 g/mol. The first-order valence-corrected chi connectivity index (χ1v) is 9.22. The van der Waals surface area contributed by atoms with Crippen LogP contribution in [-0.4, -0.2) is 24.8 Å². The second kappa shape index (κ2) is 5.87. The standard InChI is InChI=1S/C18H16FNO3S/c1-11-14(10-12-6-8-13(9-7-12)24(2,22)23)18(19)20-15-4-3-5-16(21)17(11)15/h3-9,21H,10H2,1-2H3. The molecule has 1 N–H and O–H groups in total. The van der Waals surface area contributed by atoms with Crippen molar-refractivity contribution in [2.45, 2.75) is 18.2 Å². The van der Waals surface area contributed by atoms with E-state index in [4.69, 9.17) is 0 Å². The number of hydrogen-bond acceptors (Lipinski definition) is 4. The van der Waals surface area contributed by atoms with Crippen LogP contribution in [-0.2, 0) is 16.3 Å². The number of sulfone groups is 1. The van der Waals surface area contributed by atoms with Crippen molar-refractivity contribution in [1.29, 1.82) is 0 Å². The fraction of sp³-hybridized carbons (Fsp3) is 0.167. The molecule has 2 aromatic carbocycles. The SMILES string of the molecule is Cc1c(Cc2ccc(S(C)(=O)=O)cc2)c(F)nc2cccc(O)c12. The summed E-state index contributed by atoms with van der Waals surface area (Å²) >= 11 is 0. The summed E-state index contributed by atoms with van der Waals surface area (Å²) < 4.78 is 37.4. The quantitative estimate of drug-likeness (QED) is 0.739. The van der Waals surface area contributed by atoms with Gasteiger partial charge in [0.05, 0.1) is 10.4 Å². The zero-order valence-corrected chi connectivity index (χ0v) is 14.1. The largest absolute Gasteiger partial charge is 0.507 e. The van der Waals surface area contributed by atoms with Crippen LogP contribution in [0, 0.1) is 12.9 Å². The van der Waals surface area contributed by atoms with E-state index in [0.29, 0.717) is 22.0 Å². The van der Waals surface area contributed by atoms with Crippen LogP contribution >= 0.6 is 0 Å². The Balaban J connectivity index is 2.06. The number of fused-ring (bicyclic) bond motifs is 1. The molecule has 0 aliphatic rings. The topological polar surface area (TPSA) is 67.3 Å². The zero-order chi connectivity index (χ0) is 17.5. The smallest absolute Gasteiger partial charge is 0.217 e. The molecule has 6 heteroatoms. The maximum Gasteiger partial charge on any atom is 0.217 e. The van der Waals surface area contributed by atoms with E-state index in [1.54, 1.807) is 37.3 Å². The van der Waals surface area contributed by atoms with Crippen molar-refractivity contribution < 1.29 is 17.9 Å². The Morgan fingerprint density at radius 2 is 1.79 bits per heavy atom. The molecular formula is C18H16FNO3S. The monoisotopic (exact) mass is 345 g/mol. The van der Waals surface area contributed by atoms with Gasteiger partial charge >= 0.3 is 0 Å². The molecule has 3 aromatic rings. The molecule has 0 fully saturated rings. The lowest BCUT2D eigenvalue weighted by atomic mass is 9.98. The summed E-state index contributed by atoms with van der Waals surface area (Å²) in [7, 11) is -3.26. The van der Waals surface area contributed by atoms with Gasteiger partial charge in [-0.1, -0.05) is 18.2 Å². The van der Waals surface area contributed by atoms with Crippen molar-refractivity contribution in [3.05, 3.63) is 65.1 Å². The number of aromatic nitrogens is 1. The van der Waals surface area contributed by atoms with Crippen LogP contribution in [0.2, 0.25) is 0 Å². The lowest BCUT2D eigenvalue weighted by molar-refractivity contribution is 0.481. The molecule has 1 heterocycles. The van der Waals surface area contributed by atoms with Gasteiger partial charge in [0.2, 0.25) is 5.95 Å². The van der Waals surface area contributed by atoms with Crippen LogP contribution in [0.3, 0.4) is 0 Å². The van der Waals surface area contributed by atoms with E-state index < -0.39 is 15.8 Å². The number of aromatic hydroxyl groups is 1. The van der Waals surface area contributed by atoms with Crippen LogP contribution in [0.25, 0.3) is 10.9 Å². The molecule has 0 amide bonds. The van der Waals surface area contributed by atoms with Crippen molar-refractivity contribution in [3.63, 3.8) is 0 Å². The maximum atomic E-state index is 14.4. The minimum atomic E-state index is -3.26. The van der Waals surface area contributed by atoms with Crippen LogP contribution in [0.15, 0.2) is 47.4 Å². The van der Waals surface area contributed by atoms with Gasteiger partial charge in [-0.05, 0) is 42.3 Å². The molecule has 0 aliphatic carbocycles. The van der Waals surface area contributed by atoms with Gasteiger partial charge in [-0.2, -0.15) is 4.39 Å². The Morgan fingerprint density at radius 3 is 2.42 bits per heavy atom. The summed E-state index contributed by atoms with van der Waals surface area (Å²) in [5.74, 6) is -0.524. The number of halogens is 1. The van der Waals surface area contributed by atoms with Gasteiger partial charge in [0.25, 0.3) is 0 Å². The molecule has 24 heavy (non-hydrogen) atoms. The molecule has 0 spiro atoms. The molecule has 0 atom stereocenters. The van der Waals surface area contributed by atoms with E-state index in [2.05, 4.69) is 4.98 Å². The minimum absolute atomic E-state index is 0.0613. The van der Waals surface area contributed by atoms with Gasteiger partial charge in [0.15, 0.2) is 9.84 Å². The molecule has 0 saturated heterocycles. The van der Waals surface area contributed by atoms with E-state index in [0.717, 1.165) is 11.8 Å². The minimum Gasteiger partial charge on any atom is -0.507 e. The van der Waals surface area contributed by atoms with Crippen molar-refractivity contribution >= 4 is 20.7 Å². The fourth-order valence-electron chi connectivity index (χ4n) is 2.75. The number of aryl methyl sites for hydroxylation is 1. The number of rotatable bonds is 3. The third-order valence-electron chi connectivity index (χ3n) is 4.05. The predicted octanol–water partition coefficient (Wildman–Crippen LogP) is 3.38. The van der Waals surface area contributed by atoms with Gasteiger partial charge in [-0.15, -0.1) is 0 Å². The highest BCUT2D eigenvalue weighted by Gasteiger charge is 2.15. The second-order valence-electron chi connectivity index (χ2n) is 5.77. The lowest BCUT2D eigenvalue weighted by Crippen LogP contribution is -2.02. The Labute approximate surface area is 139 Å². The molecule has 124 valence electrons. The predicted molar refractivity (Wildman–Crippen MR) is 90.5 cm³/mol. The van der Waals surface area contributed by atoms with Gasteiger partial charge in [0, 0.05) is 23.6 Å². The first-order chi connectivity index (χ1) is 11.3. The van der Waals surface area contributed by atoms with Crippen LogP contribution in [0.1, 0.15) is 16.7 Å². The van der Waals surface area contributed by atoms with Gasteiger partial charge in [-0.25, -0.2) is 13.4 Å². The van der Waals surface area contributed by atoms with Crippen LogP contribution < -0.4 is 0 Å². The summed E-state index contributed by atoms with van der Waals surface area (Å²) in [6.07, 6.45) is 1.40. The van der Waals surface area contributed by atoms with Crippen molar-refractivity contribution in [1.82, 2.24) is 4.98 Å². The molecule has 1 aromatic heterocycles. The third-order valence-corrected chi connectivity index (χ3v) is 5.18. The lowest BCUT2D eigenvalue weighted by Gasteiger charge is -2.12. The fourth-order valence-corrected chi connectivity index (χ4v) is 3.38. The first-order valence-electron chi connectivity index (χ1n) is 7.33. The van der Waals surface area contributed by atoms with E-state index in [9.17, 15) is 17.9 Å². The number of benzene rings is 2. The second-order valence-corrected chi connectivity index (χ2v) is 7.79. The van der Waals surface area contributed by atoms with Crippen LogP contribution in [0.5, 0.6) is 5.75 Å². The maximum absolute atomic E-state index is 14.4. The highest BCUT2D eigenvalue weighted by molar-refractivity contribution is 7.90. The first kappa shape index (κ1) is 16.4. The van der Waals surface area contributed by atoms with Crippen molar-refractivity contribution in [3.8, 4) is 5.75 Å². The summed E-state index contributed by atoms with van der Waals surface area (Å²) in [6, 6.07) is 11.1. The Kier molecular flexibility index (Phi) is 4.01. The van der Waals surface area contributed by atoms with Gasteiger partial charge in [0.1, 0.15) is 5.75 Å². The Hall–Kier alpha value is -2.47. The highest BCUT2D eigenvalue weighted by atomic mass is 32.2. The van der Waals surface area contributed by atoms with Crippen LogP contribution in [0.4, 0.5) is 4.39 Å². The zero-order valence-electron chi connectivity index (χ0n) is 13.2. The summed E-state index contributed by atoms with van der Waals surface area (Å²) in [6.45, 7) is 1.74.